The first-order valence-corrected chi connectivity index (χ1v) is 9.72. The summed E-state index contributed by atoms with van der Waals surface area (Å²) in [6.45, 7) is 8.69. The van der Waals surface area contributed by atoms with Crippen molar-refractivity contribution in [1.82, 2.24) is 24.9 Å². The average molecular weight is 385 g/mol. The third kappa shape index (κ3) is 4.57. The van der Waals surface area contributed by atoms with Crippen LogP contribution in [0.4, 0.5) is 0 Å². The van der Waals surface area contributed by atoms with Gasteiger partial charge in [0.25, 0.3) is 0 Å². The third-order valence-corrected chi connectivity index (χ3v) is 4.75. The molecule has 0 bridgehead atoms. The van der Waals surface area contributed by atoms with Crippen molar-refractivity contribution in [1.29, 1.82) is 0 Å². The number of benzene rings is 1. The van der Waals surface area contributed by atoms with E-state index in [1.165, 1.54) is 11.8 Å². The molecular formula is C19H23N5O2S. The van der Waals surface area contributed by atoms with Crippen LogP contribution >= 0.6 is 11.8 Å². The van der Waals surface area contributed by atoms with Gasteiger partial charge in [-0.2, -0.15) is 4.98 Å². The lowest BCUT2D eigenvalue weighted by Crippen LogP contribution is -2.02. The van der Waals surface area contributed by atoms with E-state index in [9.17, 15) is 0 Å². The van der Waals surface area contributed by atoms with Gasteiger partial charge in [-0.15, -0.1) is 16.8 Å². The van der Waals surface area contributed by atoms with Crippen LogP contribution in [0, 0.1) is 5.92 Å². The lowest BCUT2D eigenvalue weighted by Gasteiger charge is -2.10. The van der Waals surface area contributed by atoms with Crippen LogP contribution in [-0.2, 0) is 18.7 Å². The van der Waals surface area contributed by atoms with E-state index in [0.29, 0.717) is 24.1 Å². The fourth-order valence-corrected chi connectivity index (χ4v) is 3.43. The molecule has 0 radical (unpaired) electrons. The zero-order valence-corrected chi connectivity index (χ0v) is 16.6. The molecule has 3 rings (SSSR count). The normalized spacial score (nSPS) is 11.1. The minimum atomic E-state index is 0.488. The smallest absolute Gasteiger partial charge is 0.237 e. The van der Waals surface area contributed by atoms with Crippen molar-refractivity contribution in [2.45, 2.75) is 37.7 Å². The Bertz CT molecular complexity index is 903. The number of thioether (sulfide) groups is 1. The predicted molar refractivity (Wildman–Crippen MR) is 105 cm³/mol. The van der Waals surface area contributed by atoms with Gasteiger partial charge in [0.05, 0.1) is 18.4 Å². The zero-order valence-electron chi connectivity index (χ0n) is 15.8. The molecule has 0 aliphatic carbocycles. The lowest BCUT2D eigenvalue weighted by molar-refractivity contribution is 0.382. The summed E-state index contributed by atoms with van der Waals surface area (Å²) in [5, 5.41) is 13.5. The van der Waals surface area contributed by atoms with Gasteiger partial charge < -0.3 is 9.26 Å². The van der Waals surface area contributed by atoms with Gasteiger partial charge in [0.15, 0.2) is 16.8 Å². The highest BCUT2D eigenvalue weighted by Gasteiger charge is 2.18. The number of nitrogens with zero attached hydrogens (tertiary/aromatic N) is 5. The molecule has 27 heavy (non-hydrogen) atoms. The maximum Gasteiger partial charge on any atom is 0.237 e. The van der Waals surface area contributed by atoms with Gasteiger partial charge in [-0.1, -0.05) is 49.0 Å². The average Bonchev–Trinajstić information content (AvgIpc) is 3.26. The van der Waals surface area contributed by atoms with Gasteiger partial charge in [0, 0.05) is 13.0 Å². The van der Waals surface area contributed by atoms with E-state index in [1.807, 2.05) is 34.9 Å². The molecule has 0 aliphatic heterocycles. The van der Waals surface area contributed by atoms with Gasteiger partial charge in [0.2, 0.25) is 5.89 Å². The molecule has 0 atom stereocenters. The fraction of sp³-hybridized carbons (Fsp3) is 0.368. The minimum Gasteiger partial charge on any atom is -0.496 e. The molecule has 8 heteroatoms. The van der Waals surface area contributed by atoms with Crippen LogP contribution < -0.4 is 4.74 Å². The van der Waals surface area contributed by atoms with E-state index < -0.39 is 0 Å². The molecule has 7 nitrogen and oxygen atoms in total. The van der Waals surface area contributed by atoms with Crippen LogP contribution in [0.5, 0.6) is 5.75 Å². The van der Waals surface area contributed by atoms with Crippen LogP contribution in [-0.4, -0.2) is 32.0 Å². The number of hydrogen-bond acceptors (Lipinski definition) is 7. The Morgan fingerprint density at radius 1 is 1.30 bits per heavy atom. The summed E-state index contributed by atoms with van der Waals surface area (Å²) in [6.07, 6.45) is 2.62. The number of aromatic nitrogens is 5. The molecule has 0 spiro atoms. The lowest BCUT2D eigenvalue weighted by atomic mass is 10.1. The van der Waals surface area contributed by atoms with Crippen molar-refractivity contribution in [2.75, 3.05) is 7.11 Å². The molecule has 0 amide bonds. The molecule has 0 fully saturated rings. The predicted octanol–water partition coefficient (Wildman–Crippen LogP) is 4.01. The van der Waals surface area contributed by atoms with Crippen molar-refractivity contribution in [3.63, 3.8) is 0 Å². The van der Waals surface area contributed by atoms with Crippen LogP contribution in [0.2, 0.25) is 0 Å². The van der Waals surface area contributed by atoms with Gasteiger partial charge >= 0.3 is 0 Å². The topological polar surface area (TPSA) is 78.9 Å². The number of rotatable bonds is 9. The summed E-state index contributed by atoms with van der Waals surface area (Å²) in [4.78, 5) is 4.44. The number of allylic oxidation sites excluding steroid dienone is 1. The highest BCUT2D eigenvalue weighted by molar-refractivity contribution is 7.98. The Kier molecular flexibility index (Phi) is 6.28. The van der Waals surface area contributed by atoms with E-state index in [1.54, 1.807) is 7.11 Å². The quantitative estimate of drug-likeness (QED) is 0.407. The standard InChI is InChI=1S/C19H23N5O2S/c1-5-10-24-18(14-8-6-7-9-15(14)25-4)21-22-19(24)27-12-17-20-16(23-26-17)11-13(2)3/h5-9,13H,1,10-12H2,2-4H3. The molecule has 1 aromatic carbocycles. The highest BCUT2D eigenvalue weighted by Crippen LogP contribution is 2.31. The SMILES string of the molecule is C=CCn1c(SCc2nc(CC(C)C)no2)nnc1-c1ccccc1OC. The Morgan fingerprint density at radius 3 is 2.85 bits per heavy atom. The number of hydrogen-bond donors (Lipinski definition) is 0. The fourth-order valence-electron chi connectivity index (χ4n) is 2.64. The van der Waals surface area contributed by atoms with E-state index in [2.05, 4.69) is 40.8 Å². The summed E-state index contributed by atoms with van der Waals surface area (Å²) < 4.78 is 12.8. The molecule has 142 valence electrons. The van der Waals surface area contributed by atoms with Crippen molar-refractivity contribution in [3.05, 3.63) is 48.6 Å². The Labute approximate surface area is 162 Å². The number of methoxy groups -OCH3 is 1. The van der Waals surface area contributed by atoms with Gasteiger partial charge in [-0.3, -0.25) is 4.57 Å². The second-order valence-corrected chi connectivity index (χ2v) is 7.34. The number of ether oxygens (including phenoxy) is 1. The Hall–Kier alpha value is -2.61. The zero-order chi connectivity index (χ0) is 19.2. The molecule has 2 aromatic heterocycles. The monoisotopic (exact) mass is 385 g/mol. The summed E-state index contributed by atoms with van der Waals surface area (Å²) in [6, 6.07) is 7.75. The molecule has 0 N–H and O–H groups in total. The van der Waals surface area contributed by atoms with Crippen LogP contribution in [0.1, 0.15) is 25.6 Å². The van der Waals surface area contributed by atoms with Gasteiger partial charge in [0.1, 0.15) is 5.75 Å². The second-order valence-electron chi connectivity index (χ2n) is 6.40. The molecule has 0 saturated heterocycles. The Morgan fingerprint density at radius 2 is 2.11 bits per heavy atom. The molecule has 0 unspecified atom stereocenters. The maximum absolute atomic E-state index is 5.46. The molecule has 0 saturated carbocycles. The first-order chi connectivity index (χ1) is 13.1. The first-order valence-electron chi connectivity index (χ1n) is 8.74. The van der Waals surface area contributed by atoms with Crippen LogP contribution in [0.25, 0.3) is 11.4 Å². The summed E-state index contributed by atoms with van der Waals surface area (Å²) in [5.41, 5.74) is 0.887. The van der Waals surface area contributed by atoms with E-state index in [4.69, 9.17) is 9.26 Å². The minimum absolute atomic E-state index is 0.488. The van der Waals surface area contributed by atoms with E-state index in [0.717, 1.165) is 34.5 Å². The molecular weight excluding hydrogens is 362 g/mol. The highest BCUT2D eigenvalue weighted by atomic mass is 32.2. The van der Waals surface area contributed by atoms with Crippen molar-refractivity contribution >= 4 is 11.8 Å². The van der Waals surface area contributed by atoms with Crippen molar-refractivity contribution in [2.24, 2.45) is 5.92 Å². The largest absolute Gasteiger partial charge is 0.496 e. The molecule has 2 heterocycles. The van der Waals surface area contributed by atoms with Gasteiger partial charge in [-0.25, -0.2) is 0 Å². The van der Waals surface area contributed by atoms with Crippen LogP contribution in [0.3, 0.4) is 0 Å². The molecule has 3 aromatic rings. The van der Waals surface area contributed by atoms with Crippen molar-refractivity contribution in [3.8, 4) is 17.1 Å². The summed E-state index contributed by atoms with van der Waals surface area (Å²) >= 11 is 1.51. The maximum atomic E-state index is 5.46. The second kappa shape index (κ2) is 8.85. The van der Waals surface area contributed by atoms with Gasteiger partial charge in [-0.05, 0) is 18.1 Å². The van der Waals surface area contributed by atoms with E-state index in [-0.39, 0.29) is 0 Å². The number of para-hydroxylation sites is 1. The Balaban J connectivity index is 1.81. The third-order valence-electron chi connectivity index (χ3n) is 3.80. The first kappa shape index (κ1) is 19.2. The summed E-state index contributed by atoms with van der Waals surface area (Å²) in [7, 11) is 1.65. The summed E-state index contributed by atoms with van der Waals surface area (Å²) in [5.74, 6) is 3.84. The molecule has 0 aliphatic rings. The van der Waals surface area contributed by atoms with Crippen LogP contribution in [0.15, 0.2) is 46.6 Å². The van der Waals surface area contributed by atoms with E-state index >= 15 is 0 Å². The van der Waals surface area contributed by atoms with Crippen molar-refractivity contribution < 1.29 is 9.26 Å².